The van der Waals surface area contributed by atoms with Crippen LogP contribution in [0.15, 0.2) is 18.2 Å². The van der Waals surface area contributed by atoms with Gasteiger partial charge in [0, 0.05) is 24.8 Å². The molecule has 0 amide bonds. The molecule has 1 aromatic carbocycles. The molecule has 2 fully saturated rings. The summed E-state index contributed by atoms with van der Waals surface area (Å²) in [6, 6.07) is 7.68. The summed E-state index contributed by atoms with van der Waals surface area (Å²) in [5.74, 6) is 0.894. The van der Waals surface area contributed by atoms with Crippen molar-refractivity contribution in [1.82, 2.24) is 5.32 Å². The zero-order valence-corrected chi connectivity index (χ0v) is 13.7. The van der Waals surface area contributed by atoms with Crippen LogP contribution in [-0.2, 0) is 0 Å². The number of rotatable bonds is 2. The Hall–Kier alpha value is -1.02. The molecule has 1 heterocycles. The number of anilines is 1. The molecule has 1 aliphatic carbocycles. The van der Waals surface area contributed by atoms with Crippen molar-refractivity contribution in [2.45, 2.75) is 58.4 Å². The van der Waals surface area contributed by atoms with Crippen molar-refractivity contribution in [2.75, 3.05) is 24.5 Å². The lowest BCUT2D eigenvalue weighted by molar-refractivity contribution is 0.277. The van der Waals surface area contributed by atoms with Crippen LogP contribution in [0.25, 0.3) is 0 Å². The molecule has 0 aromatic heterocycles. The van der Waals surface area contributed by atoms with Crippen LogP contribution in [0.3, 0.4) is 0 Å². The standard InChI is InChI=1S/C19H30N2/c1-15-11-16(2)13-18(12-15)21-10-6-9-20-19(14-21)17-7-4-3-5-8-17/h11-13,17,19-20H,3-10,14H2,1-2H3. The minimum absolute atomic E-state index is 0.689. The Bertz CT molecular complexity index is 442. The SMILES string of the molecule is Cc1cc(C)cc(N2CCCNC(C3CCCCC3)C2)c1. The van der Waals surface area contributed by atoms with Crippen LogP contribution >= 0.6 is 0 Å². The van der Waals surface area contributed by atoms with E-state index in [0.717, 1.165) is 5.92 Å². The van der Waals surface area contributed by atoms with Gasteiger partial charge in [0.25, 0.3) is 0 Å². The van der Waals surface area contributed by atoms with Crippen molar-refractivity contribution in [3.63, 3.8) is 0 Å². The van der Waals surface area contributed by atoms with Gasteiger partial charge in [-0.3, -0.25) is 0 Å². The molecule has 3 rings (SSSR count). The highest BCUT2D eigenvalue weighted by Gasteiger charge is 2.27. The van der Waals surface area contributed by atoms with Gasteiger partial charge in [0.05, 0.1) is 0 Å². The zero-order chi connectivity index (χ0) is 14.7. The van der Waals surface area contributed by atoms with E-state index in [1.54, 1.807) is 0 Å². The summed E-state index contributed by atoms with van der Waals surface area (Å²) in [5.41, 5.74) is 4.20. The van der Waals surface area contributed by atoms with Crippen LogP contribution in [0.1, 0.15) is 49.7 Å². The van der Waals surface area contributed by atoms with E-state index < -0.39 is 0 Å². The fourth-order valence-electron chi connectivity index (χ4n) is 4.17. The Morgan fingerprint density at radius 1 is 0.952 bits per heavy atom. The van der Waals surface area contributed by atoms with Crippen molar-refractivity contribution in [1.29, 1.82) is 0 Å². The number of hydrogen-bond donors (Lipinski definition) is 1. The predicted molar refractivity (Wildman–Crippen MR) is 91.1 cm³/mol. The molecule has 116 valence electrons. The minimum atomic E-state index is 0.689. The summed E-state index contributed by atoms with van der Waals surface area (Å²) in [6.07, 6.45) is 8.44. The summed E-state index contributed by atoms with van der Waals surface area (Å²) in [5, 5.41) is 3.84. The highest BCUT2D eigenvalue weighted by molar-refractivity contribution is 5.51. The van der Waals surface area contributed by atoms with E-state index >= 15 is 0 Å². The van der Waals surface area contributed by atoms with E-state index in [9.17, 15) is 0 Å². The Morgan fingerprint density at radius 2 is 1.67 bits per heavy atom. The van der Waals surface area contributed by atoms with Crippen molar-refractivity contribution < 1.29 is 0 Å². The van der Waals surface area contributed by atoms with Gasteiger partial charge in [0.1, 0.15) is 0 Å². The molecule has 1 saturated carbocycles. The van der Waals surface area contributed by atoms with Gasteiger partial charge >= 0.3 is 0 Å². The normalized spacial score (nSPS) is 24.9. The first-order chi connectivity index (χ1) is 10.2. The molecule has 2 nitrogen and oxygen atoms in total. The topological polar surface area (TPSA) is 15.3 Å². The van der Waals surface area contributed by atoms with Crippen LogP contribution in [0.5, 0.6) is 0 Å². The van der Waals surface area contributed by atoms with E-state index in [1.165, 1.54) is 75.0 Å². The smallest absolute Gasteiger partial charge is 0.0372 e. The monoisotopic (exact) mass is 286 g/mol. The Balaban J connectivity index is 1.74. The van der Waals surface area contributed by atoms with Crippen molar-refractivity contribution in [3.8, 4) is 0 Å². The quantitative estimate of drug-likeness (QED) is 0.882. The summed E-state index contributed by atoms with van der Waals surface area (Å²) < 4.78 is 0. The molecule has 1 aromatic rings. The third-order valence-corrected chi connectivity index (χ3v) is 5.22. The van der Waals surface area contributed by atoms with Crippen molar-refractivity contribution in [3.05, 3.63) is 29.3 Å². The van der Waals surface area contributed by atoms with E-state index in [1.807, 2.05) is 0 Å². The molecule has 2 heteroatoms. The van der Waals surface area contributed by atoms with E-state index in [0.29, 0.717) is 6.04 Å². The van der Waals surface area contributed by atoms with E-state index in [-0.39, 0.29) is 0 Å². The number of hydrogen-bond acceptors (Lipinski definition) is 2. The number of benzene rings is 1. The van der Waals surface area contributed by atoms with Gasteiger partial charge in [-0.25, -0.2) is 0 Å². The average Bonchev–Trinajstić information content (AvgIpc) is 2.73. The zero-order valence-electron chi connectivity index (χ0n) is 13.7. The van der Waals surface area contributed by atoms with E-state index in [4.69, 9.17) is 0 Å². The van der Waals surface area contributed by atoms with Gasteiger partial charge < -0.3 is 10.2 Å². The van der Waals surface area contributed by atoms with Crippen LogP contribution in [0.2, 0.25) is 0 Å². The first kappa shape index (κ1) is 14.9. The molecule has 1 unspecified atom stereocenters. The fraction of sp³-hybridized carbons (Fsp3) is 0.684. The lowest BCUT2D eigenvalue weighted by Gasteiger charge is -2.34. The Labute approximate surface area is 129 Å². The second-order valence-corrected chi connectivity index (χ2v) is 7.10. The van der Waals surface area contributed by atoms with Gasteiger partial charge in [0.15, 0.2) is 0 Å². The van der Waals surface area contributed by atoms with Crippen LogP contribution < -0.4 is 10.2 Å². The Kier molecular flexibility index (Phi) is 4.84. The minimum Gasteiger partial charge on any atom is -0.370 e. The Morgan fingerprint density at radius 3 is 2.38 bits per heavy atom. The second-order valence-electron chi connectivity index (χ2n) is 7.10. The van der Waals surface area contributed by atoms with Gasteiger partial charge in [-0.1, -0.05) is 25.3 Å². The molecule has 1 saturated heterocycles. The highest BCUT2D eigenvalue weighted by Crippen LogP contribution is 2.29. The first-order valence-corrected chi connectivity index (χ1v) is 8.79. The maximum Gasteiger partial charge on any atom is 0.0372 e. The molecule has 0 radical (unpaired) electrons. The third kappa shape index (κ3) is 3.79. The van der Waals surface area contributed by atoms with Gasteiger partial charge in [-0.05, 0) is 68.8 Å². The predicted octanol–water partition coefficient (Wildman–Crippen LogP) is 4.05. The fourth-order valence-corrected chi connectivity index (χ4v) is 4.17. The van der Waals surface area contributed by atoms with Crippen LogP contribution in [0.4, 0.5) is 5.69 Å². The molecule has 21 heavy (non-hydrogen) atoms. The van der Waals surface area contributed by atoms with E-state index in [2.05, 4.69) is 42.3 Å². The summed E-state index contributed by atoms with van der Waals surface area (Å²) in [6.45, 7) is 7.99. The molecule has 1 atom stereocenters. The molecule has 0 spiro atoms. The molecule has 2 aliphatic rings. The number of nitrogens with one attached hydrogen (secondary N) is 1. The van der Waals surface area contributed by atoms with Gasteiger partial charge in [-0.15, -0.1) is 0 Å². The van der Waals surface area contributed by atoms with Crippen LogP contribution in [0, 0.1) is 19.8 Å². The molecular formula is C19H30N2. The van der Waals surface area contributed by atoms with Crippen molar-refractivity contribution in [2.24, 2.45) is 5.92 Å². The summed E-state index contributed by atoms with van der Waals surface area (Å²) in [7, 11) is 0. The largest absolute Gasteiger partial charge is 0.370 e. The maximum atomic E-state index is 3.84. The molecule has 1 N–H and O–H groups in total. The second kappa shape index (κ2) is 6.83. The highest BCUT2D eigenvalue weighted by atomic mass is 15.2. The van der Waals surface area contributed by atoms with Crippen molar-refractivity contribution >= 4 is 5.69 Å². The molecule has 0 bridgehead atoms. The first-order valence-electron chi connectivity index (χ1n) is 8.79. The summed E-state index contributed by atoms with van der Waals surface area (Å²) >= 11 is 0. The lowest BCUT2D eigenvalue weighted by atomic mass is 9.83. The average molecular weight is 286 g/mol. The summed E-state index contributed by atoms with van der Waals surface area (Å²) in [4.78, 5) is 2.62. The number of nitrogens with zero attached hydrogens (tertiary/aromatic N) is 1. The number of aryl methyl sites for hydroxylation is 2. The lowest BCUT2D eigenvalue weighted by Crippen LogP contribution is -2.43. The third-order valence-electron chi connectivity index (χ3n) is 5.22. The molecule has 1 aliphatic heterocycles. The van der Waals surface area contributed by atoms with Gasteiger partial charge in [0.2, 0.25) is 0 Å². The van der Waals surface area contributed by atoms with Gasteiger partial charge in [-0.2, -0.15) is 0 Å². The maximum absolute atomic E-state index is 3.84. The van der Waals surface area contributed by atoms with Crippen LogP contribution in [-0.4, -0.2) is 25.7 Å². The molecular weight excluding hydrogens is 256 g/mol.